The van der Waals surface area contributed by atoms with Gasteiger partial charge in [0.05, 0.1) is 6.54 Å². The van der Waals surface area contributed by atoms with Crippen LogP contribution in [0.2, 0.25) is 0 Å². The topological polar surface area (TPSA) is 74.5 Å². The summed E-state index contributed by atoms with van der Waals surface area (Å²) in [6.45, 7) is 4.17. The van der Waals surface area contributed by atoms with Crippen molar-refractivity contribution in [3.8, 4) is 0 Å². The number of aliphatic hydroxyl groups excluding tert-OH is 1. The summed E-state index contributed by atoms with van der Waals surface area (Å²) in [5, 5.41) is 17.5. The minimum Gasteiger partial charge on any atom is -0.388 e. The van der Waals surface area contributed by atoms with Gasteiger partial charge in [0.2, 0.25) is 5.91 Å². The van der Waals surface area contributed by atoms with Crippen molar-refractivity contribution in [3.63, 3.8) is 0 Å². The lowest BCUT2D eigenvalue weighted by molar-refractivity contribution is -0.132. The Labute approximate surface area is 143 Å². The Balaban J connectivity index is 1.49. The second kappa shape index (κ2) is 8.07. The highest BCUT2D eigenvalue weighted by molar-refractivity contribution is 5.78. The Morgan fingerprint density at radius 2 is 1.75 bits per heavy atom. The zero-order valence-corrected chi connectivity index (χ0v) is 14.7. The standard InChI is InChI=1S/C17H29N5O2/c1-20-15(13-23)18-19-17(20)14-6-10-21(11-7-14)12-16(24)22-8-4-2-3-5-9-22/h14,23H,2-13H2,1H3. The first-order chi connectivity index (χ1) is 11.7. The lowest BCUT2D eigenvalue weighted by atomic mass is 9.96. The van der Waals surface area contributed by atoms with Crippen molar-refractivity contribution in [1.29, 1.82) is 0 Å². The molecule has 1 amide bonds. The summed E-state index contributed by atoms with van der Waals surface area (Å²) in [5.41, 5.74) is 0. The maximum Gasteiger partial charge on any atom is 0.236 e. The van der Waals surface area contributed by atoms with Gasteiger partial charge >= 0.3 is 0 Å². The molecule has 24 heavy (non-hydrogen) atoms. The Morgan fingerprint density at radius 3 is 2.33 bits per heavy atom. The van der Waals surface area contributed by atoms with E-state index >= 15 is 0 Å². The number of carbonyl (C=O) groups is 1. The Morgan fingerprint density at radius 1 is 1.08 bits per heavy atom. The molecule has 1 N–H and O–H groups in total. The number of carbonyl (C=O) groups excluding carboxylic acids is 1. The van der Waals surface area contributed by atoms with Crippen molar-refractivity contribution in [2.24, 2.45) is 7.05 Å². The van der Waals surface area contributed by atoms with Crippen LogP contribution in [0, 0.1) is 0 Å². The number of aromatic nitrogens is 3. The zero-order chi connectivity index (χ0) is 16.9. The third-order valence-corrected chi connectivity index (χ3v) is 5.41. The third-order valence-electron chi connectivity index (χ3n) is 5.41. The van der Waals surface area contributed by atoms with Crippen LogP contribution in [0.4, 0.5) is 0 Å². The molecule has 0 bridgehead atoms. The van der Waals surface area contributed by atoms with E-state index < -0.39 is 0 Å². The summed E-state index contributed by atoms with van der Waals surface area (Å²) in [5.74, 6) is 2.23. The van der Waals surface area contributed by atoms with Crippen LogP contribution < -0.4 is 0 Å². The number of piperidine rings is 1. The highest BCUT2D eigenvalue weighted by Crippen LogP contribution is 2.26. The molecule has 0 radical (unpaired) electrons. The largest absolute Gasteiger partial charge is 0.388 e. The number of nitrogens with zero attached hydrogens (tertiary/aromatic N) is 5. The molecule has 0 atom stereocenters. The highest BCUT2D eigenvalue weighted by atomic mass is 16.3. The van der Waals surface area contributed by atoms with E-state index in [-0.39, 0.29) is 12.5 Å². The number of likely N-dealkylation sites (tertiary alicyclic amines) is 2. The van der Waals surface area contributed by atoms with Gasteiger partial charge in [0.15, 0.2) is 5.82 Å². The molecule has 2 fully saturated rings. The summed E-state index contributed by atoms with van der Waals surface area (Å²) >= 11 is 0. The van der Waals surface area contributed by atoms with Crippen LogP contribution in [0.3, 0.4) is 0 Å². The molecule has 3 rings (SSSR count). The van der Waals surface area contributed by atoms with E-state index in [9.17, 15) is 9.90 Å². The molecule has 2 aliphatic heterocycles. The van der Waals surface area contributed by atoms with Gasteiger partial charge in [-0.05, 0) is 38.8 Å². The third kappa shape index (κ3) is 3.95. The predicted octanol–water partition coefficient (Wildman–Crippen LogP) is 0.889. The summed E-state index contributed by atoms with van der Waals surface area (Å²) in [6.07, 6.45) is 6.78. The first kappa shape index (κ1) is 17.4. The summed E-state index contributed by atoms with van der Waals surface area (Å²) in [6, 6.07) is 0. The molecule has 0 spiro atoms. The SMILES string of the molecule is Cn1c(CO)nnc1C1CCN(CC(=O)N2CCCCCC2)CC1. The lowest BCUT2D eigenvalue weighted by Crippen LogP contribution is -2.43. The predicted molar refractivity (Wildman–Crippen MR) is 90.4 cm³/mol. The second-order valence-corrected chi connectivity index (χ2v) is 7.04. The van der Waals surface area contributed by atoms with Gasteiger partial charge in [-0.3, -0.25) is 9.69 Å². The van der Waals surface area contributed by atoms with Gasteiger partial charge in [0.1, 0.15) is 12.4 Å². The molecule has 3 heterocycles. The average molecular weight is 335 g/mol. The van der Waals surface area contributed by atoms with Crippen LogP contribution in [0.15, 0.2) is 0 Å². The van der Waals surface area contributed by atoms with Crippen LogP contribution in [0.25, 0.3) is 0 Å². The number of aliphatic hydroxyl groups is 1. The van der Waals surface area contributed by atoms with Gasteiger partial charge < -0.3 is 14.6 Å². The number of hydrogen-bond donors (Lipinski definition) is 1. The van der Waals surface area contributed by atoms with Crippen LogP contribution in [0.1, 0.15) is 56.1 Å². The molecule has 0 aliphatic carbocycles. The van der Waals surface area contributed by atoms with Crippen molar-refractivity contribution in [2.45, 2.75) is 51.0 Å². The Bertz CT molecular complexity index is 543. The monoisotopic (exact) mass is 335 g/mol. The van der Waals surface area contributed by atoms with Crippen molar-refractivity contribution in [1.82, 2.24) is 24.6 Å². The normalized spacial score (nSPS) is 21.0. The number of amides is 1. The Hall–Kier alpha value is -1.47. The van der Waals surface area contributed by atoms with E-state index in [4.69, 9.17) is 0 Å². The maximum atomic E-state index is 12.5. The minimum absolute atomic E-state index is 0.0767. The Kier molecular flexibility index (Phi) is 5.84. The van der Waals surface area contributed by atoms with Crippen LogP contribution in [-0.4, -0.2) is 68.3 Å². The van der Waals surface area contributed by atoms with E-state index in [2.05, 4.69) is 20.0 Å². The molecule has 1 aromatic heterocycles. The van der Waals surface area contributed by atoms with E-state index in [1.807, 2.05) is 11.6 Å². The van der Waals surface area contributed by atoms with Gasteiger partial charge in [-0.25, -0.2) is 0 Å². The molecule has 1 aromatic rings. The molecule has 2 saturated heterocycles. The molecule has 0 aromatic carbocycles. The van der Waals surface area contributed by atoms with Gasteiger partial charge in [0, 0.05) is 26.1 Å². The summed E-state index contributed by atoms with van der Waals surface area (Å²) in [7, 11) is 1.91. The maximum absolute atomic E-state index is 12.5. The molecule has 7 heteroatoms. The van der Waals surface area contributed by atoms with Gasteiger partial charge in [0.25, 0.3) is 0 Å². The molecule has 0 unspecified atom stereocenters. The molecular weight excluding hydrogens is 306 g/mol. The lowest BCUT2D eigenvalue weighted by Gasteiger charge is -2.32. The molecule has 7 nitrogen and oxygen atoms in total. The summed E-state index contributed by atoms with van der Waals surface area (Å²) in [4.78, 5) is 16.8. The molecular formula is C17H29N5O2. The van der Waals surface area contributed by atoms with E-state index in [0.717, 1.165) is 57.7 Å². The number of rotatable bonds is 4. The quantitative estimate of drug-likeness (QED) is 0.884. The van der Waals surface area contributed by atoms with Crippen molar-refractivity contribution in [3.05, 3.63) is 11.6 Å². The van der Waals surface area contributed by atoms with E-state index in [1.165, 1.54) is 12.8 Å². The van der Waals surface area contributed by atoms with Crippen molar-refractivity contribution < 1.29 is 9.90 Å². The summed E-state index contributed by atoms with van der Waals surface area (Å²) < 4.78 is 1.91. The van der Waals surface area contributed by atoms with E-state index in [0.29, 0.717) is 18.3 Å². The minimum atomic E-state index is -0.0767. The fourth-order valence-electron chi connectivity index (χ4n) is 3.83. The molecule has 0 saturated carbocycles. The second-order valence-electron chi connectivity index (χ2n) is 7.04. The zero-order valence-electron chi connectivity index (χ0n) is 14.7. The van der Waals surface area contributed by atoms with Crippen LogP contribution >= 0.6 is 0 Å². The van der Waals surface area contributed by atoms with Gasteiger partial charge in [-0.2, -0.15) is 0 Å². The smallest absolute Gasteiger partial charge is 0.236 e. The number of hydrogen-bond acceptors (Lipinski definition) is 5. The van der Waals surface area contributed by atoms with Gasteiger partial charge in [-0.1, -0.05) is 12.8 Å². The van der Waals surface area contributed by atoms with Crippen molar-refractivity contribution >= 4 is 5.91 Å². The van der Waals surface area contributed by atoms with E-state index in [1.54, 1.807) is 0 Å². The average Bonchev–Trinajstić information content (AvgIpc) is 2.80. The van der Waals surface area contributed by atoms with Crippen molar-refractivity contribution in [2.75, 3.05) is 32.7 Å². The molecule has 134 valence electrons. The van der Waals surface area contributed by atoms with Gasteiger partial charge in [-0.15, -0.1) is 10.2 Å². The van der Waals surface area contributed by atoms with Crippen LogP contribution in [0.5, 0.6) is 0 Å². The highest BCUT2D eigenvalue weighted by Gasteiger charge is 2.27. The fourth-order valence-corrected chi connectivity index (χ4v) is 3.83. The first-order valence-electron chi connectivity index (χ1n) is 9.18. The molecule has 2 aliphatic rings. The fraction of sp³-hybridized carbons (Fsp3) is 0.824. The van der Waals surface area contributed by atoms with Crippen LogP contribution in [-0.2, 0) is 18.4 Å². The first-order valence-corrected chi connectivity index (χ1v) is 9.18.